The van der Waals surface area contributed by atoms with Gasteiger partial charge in [0.1, 0.15) is 0 Å². The van der Waals surface area contributed by atoms with E-state index in [2.05, 4.69) is 31.2 Å². The first kappa shape index (κ1) is 13.5. The smallest absolute Gasteiger partial charge is 0.0834 e. The van der Waals surface area contributed by atoms with Gasteiger partial charge in [-0.15, -0.1) is 0 Å². The third-order valence-corrected chi connectivity index (χ3v) is 3.44. The van der Waals surface area contributed by atoms with Crippen LogP contribution in [0.2, 0.25) is 5.02 Å². The van der Waals surface area contributed by atoms with E-state index in [0.717, 1.165) is 23.7 Å². The molecule has 2 atom stereocenters. The first-order valence-electron chi connectivity index (χ1n) is 6.02. The van der Waals surface area contributed by atoms with Crippen LogP contribution in [-0.4, -0.2) is 16.8 Å². The summed E-state index contributed by atoms with van der Waals surface area (Å²) < 4.78 is 1.98. The van der Waals surface area contributed by atoms with Gasteiger partial charge in [-0.3, -0.25) is 4.68 Å². The highest BCUT2D eigenvalue weighted by molar-refractivity contribution is 6.31. The van der Waals surface area contributed by atoms with Crippen molar-refractivity contribution in [3.05, 3.63) is 16.9 Å². The lowest BCUT2D eigenvalue weighted by molar-refractivity contribution is 0.400. The highest BCUT2D eigenvalue weighted by Gasteiger charge is 2.19. The molecule has 0 saturated heterocycles. The first-order valence-corrected chi connectivity index (χ1v) is 6.40. The van der Waals surface area contributed by atoms with E-state index in [9.17, 15) is 0 Å². The molecule has 16 heavy (non-hydrogen) atoms. The van der Waals surface area contributed by atoms with Gasteiger partial charge in [0.2, 0.25) is 0 Å². The Morgan fingerprint density at radius 1 is 1.50 bits per heavy atom. The van der Waals surface area contributed by atoms with Crippen LogP contribution in [0.5, 0.6) is 0 Å². The molecule has 2 unspecified atom stereocenters. The van der Waals surface area contributed by atoms with E-state index in [1.54, 1.807) is 6.20 Å². The van der Waals surface area contributed by atoms with Crippen LogP contribution in [0.25, 0.3) is 0 Å². The minimum absolute atomic E-state index is 0.296. The van der Waals surface area contributed by atoms with E-state index in [-0.39, 0.29) is 0 Å². The van der Waals surface area contributed by atoms with Gasteiger partial charge in [0.25, 0.3) is 0 Å². The second kappa shape index (κ2) is 6.26. The van der Waals surface area contributed by atoms with Crippen LogP contribution in [0, 0.1) is 5.92 Å². The summed E-state index contributed by atoms with van der Waals surface area (Å²) in [4.78, 5) is 0. The standard InChI is InChI=1S/C12H22ClN3/c1-5-9(3)7-11(14-4)12-10(13)8-15-16(12)6-2/h8-9,11,14H,5-7H2,1-4H3. The van der Waals surface area contributed by atoms with Gasteiger partial charge in [0.05, 0.1) is 23.0 Å². The summed E-state index contributed by atoms with van der Waals surface area (Å²) in [5.74, 6) is 0.689. The van der Waals surface area contributed by atoms with Crippen molar-refractivity contribution in [1.29, 1.82) is 0 Å². The van der Waals surface area contributed by atoms with Crippen molar-refractivity contribution in [2.45, 2.75) is 46.2 Å². The zero-order valence-electron chi connectivity index (χ0n) is 10.6. The van der Waals surface area contributed by atoms with Crippen LogP contribution < -0.4 is 5.32 Å². The lowest BCUT2D eigenvalue weighted by Gasteiger charge is -2.21. The van der Waals surface area contributed by atoms with Crippen LogP contribution >= 0.6 is 11.6 Å². The minimum atomic E-state index is 0.296. The van der Waals surface area contributed by atoms with Crippen molar-refractivity contribution in [3.63, 3.8) is 0 Å². The van der Waals surface area contributed by atoms with Gasteiger partial charge in [-0.25, -0.2) is 0 Å². The molecule has 0 aromatic carbocycles. The highest BCUT2D eigenvalue weighted by Crippen LogP contribution is 2.28. The molecular weight excluding hydrogens is 222 g/mol. The number of aryl methyl sites for hydroxylation is 1. The van der Waals surface area contributed by atoms with Gasteiger partial charge >= 0.3 is 0 Å². The van der Waals surface area contributed by atoms with Crippen LogP contribution in [0.4, 0.5) is 0 Å². The molecule has 1 N–H and O–H groups in total. The van der Waals surface area contributed by atoms with E-state index in [0.29, 0.717) is 12.0 Å². The van der Waals surface area contributed by atoms with E-state index in [4.69, 9.17) is 11.6 Å². The summed E-state index contributed by atoms with van der Waals surface area (Å²) >= 11 is 6.20. The monoisotopic (exact) mass is 243 g/mol. The van der Waals surface area contributed by atoms with Crippen molar-refractivity contribution in [3.8, 4) is 0 Å². The number of halogens is 1. The number of nitrogens with one attached hydrogen (secondary N) is 1. The third-order valence-electron chi connectivity index (χ3n) is 3.15. The molecule has 0 saturated carbocycles. The molecule has 3 nitrogen and oxygen atoms in total. The molecule has 1 heterocycles. The quantitative estimate of drug-likeness (QED) is 0.831. The summed E-state index contributed by atoms with van der Waals surface area (Å²) in [5.41, 5.74) is 1.12. The second-order valence-electron chi connectivity index (χ2n) is 4.28. The molecule has 1 aromatic heterocycles. The van der Waals surface area contributed by atoms with Gasteiger partial charge in [-0.1, -0.05) is 31.9 Å². The van der Waals surface area contributed by atoms with E-state index in [1.807, 2.05) is 11.7 Å². The van der Waals surface area contributed by atoms with Gasteiger partial charge in [-0.05, 0) is 26.3 Å². The van der Waals surface area contributed by atoms with E-state index < -0.39 is 0 Å². The fourth-order valence-electron chi connectivity index (χ4n) is 1.91. The SMILES string of the molecule is CCC(C)CC(NC)c1c(Cl)cnn1CC. The first-order chi connectivity index (χ1) is 7.63. The predicted octanol–water partition coefficient (Wildman–Crippen LogP) is 3.25. The summed E-state index contributed by atoms with van der Waals surface area (Å²) in [6.45, 7) is 7.44. The largest absolute Gasteiger partial charge is 0.312 e. The Balaban J connectivity index is 2.89. The summed E-state index contributed by atoms with van der Waals surface area (Å²) in [7, 11) is 1.98. The van der Waals surface area contributed by atoms with Gasteiger partial charge in [0, 0.05) is 6.54 Å². The molecule has 0 aliphatic carbocycles. The maximum atomic E-state index is 6.20. The molecule has 0 aliphatic rings. The molecule has 4 heteroatoms. The van der Waals surface area contributed by atoms with Crippen LogP contribution in [0.3, 0.4) is 0 Å². The Morgan fingerprint density at radius 3 is 2.69 bits per heavy atom. The van der Waals surface area contributed by atoms with Crippen molar-refractivity contribution in [1.82, 2.24) is 15.1 Å². The maximum absolute atomic E-state index is 6.20. The topological polar surface area (TPSA) is 29.9 Å². The highest BCUT2D eigenvalue weighted by atomic mass is 35.5. The molecule has 1 rings (SSSR count). The Labute approximate surface area is 103 Å². The normalized spacial score (nSPS) is 15.1. The van der Waals surface area contributed by atoms with Crippen molar-refractivity contribution in [2.24, 2.45) is 5.92 Å². The molecule has 92 valence electrons. The second-order valence-corrected chi connectivity index (χ2v) is 4.69. The Bertz CT molecular complexity index is 322. The Hall–Kier alpha value is -0.540. The molecule has 0 radical (unpaired) electrons. The van der Waals surface area contributed by atoms with Crippen LogP contribution in [-0.2, 0) is 6.54 Å². The maximum Gasteiger partial charge on any atom is 0.0834 e. The molecule has 0 bridgehead atoms. The molecule has 1 aromatic rings. The Morgan fingerprint density at radius 2 is 2.19 bits per heavy atom. The van der Waals surface area contributed by atoms with E-state index in [1.165, 1.54) is 6.42 Å². The summed E-state index contributed by atoms with van der Waals surface area (Å²) in [5, 5.41) is 8.39. The zero-order valence-corrected chi connectivity index (χ0v) is 11.4. The summed E-state index contributed by atoms with van der Waals surface area (Å²) in [6.07, 6.45) is 4.02. The predicted molar refractivity (Wildman–Crippen MR) is 68.8 cm³/mol. The molecule has 0 fully saturated rings. The van der Waals surface area contributed by atoms with Gasteiger partial charge in [-0.2, -0.15) is 5.10 Å². The fourth-order valence-corrected chi connectivity index (χ4v) is 2.18. The number of hydrogen-bond acceptors (Lipinski definition) is 2. The zero-order chi connectivity index (χ0) is 12.1. The van der Waals surface area contributed by atoms with E-state index >= 15 is 0 Å². The molecule has 0 amide bonds. The van der Waals surface area contributed by atoms with Crippen LogP contribution in [0.15, 0.2) is 6.20 Å². The lowest BCUT2D eigenvalue weighted by atomic mass is 9.97. The fraction of sp³-hybridized carbons (Fsp3) is 0.750. The van der Waals surface area contributed by atoms with Crippen molar-refractivity contribution < 1.29 is 0 Å². The third kappa shape index (κ3) is 2.98. The van der Waals surface area contributed by atoms with Crippen LogP contribution in [0.1, 0.15) is 45.3 Å². The molecule has 0 spiro atoms. The van der Waals surface area contributed by atoms with Crippen molar-refractivity contribution >= 4 is 11.6 Å². The summed E-state index contributed by atoms with van der Waals surface area (Å²) in [6, 6.07) is 0.296. The lowest BCUT2D eigenvalue weighted by Crippen LogP contribution is -2.22. The average Bonchev–Trinajstić information content (AvgIpc) is 2.67. The average molecular weight is 244 g/mol. The number of rotatable bonds is 6. The molecular formula is C12H22ClN3. The molecule has 0 aliphatic heterocycles. The van der Waals surface area contributed by atoms with Gasteiger partial charge in [0.15, 0.2) is 0 Å². The minimum Gasteiger partial charge on any atom is -0.312 e. The van der Waals surface area contributed by atoms with Gasteiger partial charge < -0.3 is 5.32 Å². The number of nitrogens with zero attached hydrogens (tertiary/aromatic N) is 2. The number of hydrogen-bond donors (Lipinski definition) is 1. The number of aromatic nitrogens is 2. The Kier molecular flexibility index (Phi) is 5.29. The van der Waals surface area contributed by atoms with Crippen molar-refractivity contribution in [2.75, 3.05) is 7.05 Å².